The van der Waals surface area contributed by atoms with Crippen molar-refractivity contribution in [1.29, 1.82) is 5.41 Å². The molecule has 0 rings (SSSR count). The summed E-state index contributed by atoms with van der Waals surface area (Å²) in [6.07, 6.45) is 0.593. The van der Waals surface area contributed by atoms with Crippen molar-refractivity contribution < 1.29 is 0 Å². The minimum atomic E-state index is -0.347. The van der Waals surface area contributed by atoms with E-state index in [-0.39, 0.29) is 36.7 Å². The van der Waals surface area contributed by atoms with Gasteiger partial charge in [-0.1, -0.05) is 0 Å². The Bertz CT molecular complexity index is 87.3. The molecule has 0 aromatic rings. The fraction of sp³-hybridized carbons (Fsp3) is 0.750. The predicted molar refractivity (Wildman–Crippen MR) is 48.1 cm³/mol. The number of amidine groups is 1. The summed E-state index contributed by atoms with van der Waals surface area (Å²) < 4.78 is 0. The van der Waals surface area contributed by atoms with Crippen LogP contribution in [-0.2, 0) is 0 Å². The zero-order valence-corrected chi connectivity index (χ0v) is 7.17. The van der Waals surface area contributed by atoms with Gasteiger partial charge in [-0.15, -0.1) is 24.8 Å². The summed E-state index contributed by atoms with van der Waals surface area (Å²) >= 11 is 0. The third-order valence-corrected chi connectivity index (χ3v) is 0.877. The fourth-order valence-corrected chi connectivity index (χ4v) is 0.335. The average molecular weight is 189 g/mol. The molecule has 0 amide bonds. The number of nitrogens with one attached hydrogen (secondary N) is 1. The summed E-state index contributed by atoms with van der Waals surface area (Å²) in [5.41, 5.74) is 15.5. The second-order valence-electron chi connectivity index (χ2n) is 1.64. The van der Waals surface area contributed by atoms with E-state index < -0.39 is 0 Å². The Morgan fingerprint density at radius 1 is 1.40 bits per heavy atom. The zero-order chi connectivity index (χ0) is 6.57. The van der Waals surface area contributed by atoms with Gasteiger partial charge in [-0.2, -0.15) is 0 Å². The van der Waals surface area contributed by atoms with E-state index in [9.17, 15) is 0 Å². The maximum Gasteiger partial charge on any atom is 0.108 e. The number of halogens is 2. The Labute approximate surface area is 72.8 Å². The van der Waals surface area contributed by atoms with Gasteiger partial charge in [0.2, 0.25) is 0 Å². The first-order valence-electron chi connectivity index (χ1n) is 2.48. The molecule has 6 heteroatoms. The highest BCUT2D eigenvalue weighted by molar-refractivity contribution is 5.85. The van der Waals surface area contributed by atoms with Crippen molar-refractivity contribution in [2.24, 2.45) is 17.2 Å². The first-order chi connectivity index (χ1) is 3.68. The van der Waals surface area contributed by atoms with Crippen LogP contribution in [0.5, 0.6) is 0 Å². The first kappa shape index (κ1) is 16.5. The van der Waals surface area contributed by atoms with Crippen molar-refractivity contribution in [3.8, 4) is 0 Å². The lowest BCUT2D eigenvalue weighted by molar-refractivity contribution is 0.752. The molecule has 0 saturated carbocycles. The van der Waals surface area contributed by atoms with Crippen LogP contribution >= 0.6 is 24.8 Å². The van der Waals surface area contributed by atoms with Gasteiger partial charge in [0.25, 0.3) is 0 Å². The predicted octanol–water partition coefficient (Wildman–Crippen LogP) is -0.558. The molecular weight excluding hydrogens is 175 g/mol. The SMILES string of the molecule is Cl.Cl.N=C(N)C(N)CCN. The average Bonchev–Trinajstić information content (AvgIpc) is 1.67. The van der Waals surface area contributed by atoms with Gasteiger partial charge in [0, 0.05) is 0 Å². The number of hydrogen-bond acceptors (Lipinski definition) is 3. The molecule has 0 saturated heterocycles. The molecule has 0 aliphatic heterocycles. The molecule has 1 unspecified atom stereocenters. The highest BCUT2D eigenvalue weighted by atomic mass is 35.5. The quantitative estimate of drug-likeness (QED) is 0.353. The Morgan fingerprint density at radius 3 is 1.90 bits per heavy atom. The lowest BCUT2D eigenvalue weighted by Crippen LogP contribution is -2.37. The van der Waals surface area contributed by atoms with Gasteiger partial charge in [0.15, 0.2) is 0 Å². The van der Waals surface area contributed by atoms with Crippen LogP contribution in [0.15, 0.2) is 0 Å². The fourth-order valence-electron chi connectivity index (χ4n) is 0.335. The molecule has 0 bridgehead atoms. The van der Waals surface area contributed by atoms with Crippen LogP contribution in [0.2, 0.25) is 0 Å². The Kier molecular flexibility index (Phi) is 14.8. The highest BCUT2D eigenvalue weighted by Gasteiger charge is 2.01. The number of hydrogen-bond donors (Lipinski definition) is 4. The highest BCUT2D eigenvalue weighted by Crippen LogP contribution is 1.80. The lowest BCUT2D eigenvalue weighted by Gasteiger charge is -2.05. The van der Waals surface area contributed by atoms with E-state index >= 15 is 0 Å². The largest absolute Gasteiger partial charge is 0.386 e. The number of nitrogens with two attached hydrogens (primary N) is 3. The van der Waals surface area contributed by atoms with Crippen molar-refractivity contribution in [3.63, 3.8) is 0 Å². The summed E-state index contributed by atoms with van der Waals surface area (Å²) in [7, 11) is 0. The van der Waals surface area contributed by atoms with Gasteiger partial charge in [0.1, 0.15) is 5.84 Å². The first-order valence-corrected chi connectivity index (χ1v) is 2.48. The molecule has 0 spiro atoms. The van der Waals surface area contributed by atoms with Crippen LogP contribution in [0, 0.1) is 5.41 Å². The van der Waals surface area contributed by atoms with E-state index in [0.717, 1.165) is 0 Å². The van der Waals surface area contributed by atoms with E-state index in [0.29, 0.717) is 13.0 Å². The molecular formula is C4H14Cl2N4. The molecule has 64 valence electrons. The smallest absolute Gasteiger partial charge is 0.108 e. The molecule has 0 aliphatic carbocycles. The monoisotopic (exact) mass is 188 g/mol. The molecule has 0 aliphatic rings. The maximum atomic E-state index is 6.80. The van der Waals surface area contributed by atoms with E-state index in [1.807, 2.05) is 0 Å². The summed E-state index contributed by atoms with van der Waals surface area (Å²) in [6.45, 7) is 0.487. The lowest BCUT2D eigenvalue weighted by atomic mass is 10.2. The number of rotatable bonds is 3. The minimum absolute atomic E-state index is 0. The molecule has 0 radical (unpaired) electrons. The van der Waals surface area contributed by atoms with Crippen LogP contribution in [0.25, 0.3) is 0 Å². The van der Waals surface area contributed by atoms with Gasteiger partial charge in [-0.05, 0) is 13.0 Å². The molecule has 7 N–H and O–H groups in total. The standard InChI is InChI=1S/C4H12N4.2ClH/c5-2-1-3(6)4(7)8;;/h3H,1-2,5-6H2,(H3,7,8);2*1H. The molecule has 0 aromatic carbocycles. The molecule has 1 atom stereocenters. The summed E-state index contributed by atoms with van der Waals surface area (Å²) in [6, 6.07) is -0.347. The van der Waals surface area contributed by atoms with Crippen LogP contribution in [0.1, 0.15) is 6.42 Å². The van der Waals surface area contributed by atoms with Crippen molar-refractivity contribution >= 4 is 30.6 Å². The molecule has 0 fully saturated rings. The zero-order valence-electron chi connectivity index (χ0n) is 5.54. The Hall–Kier alpha value is -0.0300. The van der Waals surface area contributed by atoms with Crippen molar-refractivity contribution in [2.75, 3.05) is 6.54 Å². The maximum absolute atomic E-state index is 6.80. The normalized spacial score (nSPS) is 10.6. The van der Waals surface area contributed by atoms with Crippen LogP contribution in [-0.4, -0.2) is 18.4 Å². The summed E-state index contributed by atoms with van der Waals surface area (Å²) in [4.78, 5) is 0. The van der Waals surface area contributed by atoms with E-state index in [1.165, 1.54) is 0 Å². The third kappa shape index (κ3) is 7.97. The van der Waals surface area contributed by atoms with Crippen LogP contribution in [0.3, 0.4) is 0 Å². The van der Waals surface area contributed by atoms with Crippen LogP contribution in [0.4, 0.5) is 0 Å². The van der Waals surface area contributed by atoms with Crippen LogP contribution < -0.4 is 17.2 Å². The van der Waals surface area contributed by atoms with Gasteiger partial charge in [0.05, 0.1) is 6.04 Å². The van der Waals surface area contributed by atoms with E-state index in [1.54, 1.807) is 0 Å². The summed E-state index contributed by atoms with van der Waals surface area (Å²) in [5, 5.41) is 6.80. The van der Waals surface area contributed by atoms with Gasteiger partial charge in [-0.3, -0.25) is 5.41 Å². The molecule has 4 nitrogen and oxygen atoms in total. The molecule has 0 aromatic heterocycles. The van der Waals surface area contributed by atoms with Gasteiger partial charge in [-0.25, -0.2) is 0 Å². The second kappa shape index (κ2) is 8.97. The molecule has 0 heterocycles. The minimum Gasteiger partial charge on any atom is -0.386 e. The van der Waals surface area contributed by atoms with E-state index in [2.05, 4.69) is 0 Å². The third-order valence-electron chi connectivity index (χ3n) is 0.877. The Balaban J connectivity index is -0.000000245. The molecule has 10 heavy (non-hydrogen) atoms. The van der Waals surface area contributed by atoms with Gasteiger partial charge < -0.3 is 17.2 Å². The topological polar surface area (TPSA) is 102 Å². The van der Waals surface area contributed by atoms with Crippen molar-refractivity contribution in [2.45, 2.75) is 12.5 Å². The Morgan fingerprint density at radius 2 is 1.80 bits per heavy atom. The summed E-state index contributed by atoms with van der Waals surface area (Å²) in [5.74, 6) is 0.00968. The van der Waals surface area contributed by atoms with Crippen molar-refractivity contribution in [1.82, 2.24) is 0 Å². The van der Waals surface area contributed by atoms with Crippen molar-refractivity contribution in [3.05, 3.63) is 0 Å². The van der Waals surface area contributed by atoms with Gasteiger partial charge >= 0.3 is 0 Å². The van der Waals surface area contributed by atoms with E-state index in [4.69, 9.17) is 22.6 Å². The second-order valence-corrected chi connectivity index (χ2v) is 1.64.